The third kappa shape index (κ3) is 2.66. The number of benzene rings is 1. The van der Waals surface area contributed by atoms with Gasteiger partial charge in [0, 0.05) is 5.46 Å². The summed E-state index contributed by atoms with van der Waals surface area (Å²) in [4.78, 5) is 0. The first kappa shape index (κ1) is 13.7. The number of nitriles is 1. The van der Waals surface area contributed by atoms with Gasteiger partial charge in [-0.15, -0.1) is 0 Å². The first-order valence-electron chi connectivity index (χ1n) is 5.81. The van der Waals surface area contributed by atoms with Gasteiger partial charge in [0.1, 0.15) is 12.1 Å². The highest BCUT2D eigenvalue weighted by atomic mass is 16.5. The fraction of sp³-hybridized carbons (Fsp3) is 0.417. The summed E-state index contributed by atoms with van der Waals surface area (Å²) < 4.78 is 15.9. The summed E-state index contributed by atoms with van der Waals surface area (Å²) in [6, 6.07) is 5.46. The third-order valence-electron chi connectivity index (χ3n) is 2.88. The van der Waals surface area contributed by atoms with Crippen molar-refractivity contribution in [1.82, 2.24) is 0 Å². The molecule has 1 aliphatic rings. The van der Waals surface area contributed by atoms with E-state index in [0.717, 1.165) is 5.56 Å². The Morgan fingerprint density at radius 2 is 2.37 bits per heavy atom. The van der Waals surface area contributed by atoms with Crippen LogP contribution in [0.3, 0.4) is 0 Å². The zero-order valence-corrected chi connectivity index (χ0v) is 10.8. The van der Waals surface area contributed by atoms with E-state index in [0.29, 0.717) is 23.6 Å². The van der Waals surface area contributed by atoms with E-state index < -0.39 is 12.7 Å². The maximum Gasteiger partial charge on any atom is 0.495 e. The van der Waals surface area contributed by atoms with Crippen LogP contribution in [0.15, 0.2) is 12.1 Å². The van der Waals surface area contributed by atoms with Gasteiger partial charge >= 0.3 is 7.12 Å². The van der Waals surface area contributed by atoms with Gasteiger partial charge in [-0.1, -0.05) is 6.07 Å². The molecule has 3 N–H and O–H groups in total. The Hall–Kier alpha value is -1.75. The molecule has 1 atom stereocenters. The quantitative estimate of drug-likeness (QED) is 0.712. The number of hydrogen-bond donors (Lipinski definition) is 2. The normalized spacial score (nSPS) is 16.5. The van der Waals surface area contributed by atoms with Crippen LogP contribution in [0, 0.1) is 11.3 Å². The van der Waals surface area contributed by atoms with Gasteiger partial charge in [-0.25, -0.2) is 0 Å². The second kappa shape index (κ2) is 5.09. The minimum Gasteiger partial charge on any atom is -0.493 e. The minimum absolute atomic E-state index is 0.0234. The van der Waals surface area contributed by atoms with Gasteiger partial charge in [-0.2, -0.15) is 5.26 Å². The SMILES string of the molecule is COc1c(OCC(C)(N)C#N)ccc2c1B(O)OC2. The Bertz CT molecular complexity index is 527. The summed E-state index contributed by atoms with van der Waals surface area (Å²) in [5.41, 5.74) is 6.03. The van der Waals surface area contributed by atoms with Crippen LogP contribution in [0.2, 0.25) is 0 Å². The van der Waals surface area contributed by atoms with Crippen LogP contribution < -0.4 is 20.7 Å². The van der Waals surface area contributed by atoms with Crippen LogP contribution in [0.1, 0.15) is 12.5 Å². The highest BCUT2D eigenvalue weighted by molar-refractivity contribution is 6.62. The van der Waals surface area contributed by atoms with E-state index >= 15 is 0 Å². The molecule has 0 saturated carbocycles. The highest BCUT2D eigenvalue weighted by Gasteiger charge is 2.33. The molecule has 1 aromatic carbocycles. The summed E-state index contributed by atoms with van der Waals surface area (Å²) in [5.74, 6) is 0.842. The molecule has 0 aromatic heterocycles. The molecule has 19 heavy (non-hydrogen) atoms. The van der Waals surface area contributed by atoms with E-state index in [1.807, 2.05) is 6.07 Å². The smallest absolute Gasteiger partial charge is 0.493 e. The van der Waals surface area contributed by atoms with Gasteiger partial charge < -0.3 is 24.9 Å². The molecule has 0 bridgehead atoms. The van der Waals surface area contributed by atoms with Crippen LogP contribution >= 0.6 is 0 Å². The first-order valence-corrected chi connectivity index (χ1v) is 5.81. The minimum atomic E-state index is -1.08. The summed E-state index contributed by atoms with van der Waals surface area (Å²) >= 11 is 0. The van der Waals surface area contributed by atoms with Crippen LogP contribution in [-0.4, -0.2) is 31.4 Å². The molecule has 0 radical (unpaired) electrons. The molecule has 100 valence electrons. The number of ether oxygens (including phenoxy) is 2. The number of hydrogen-bond acceptors (Lipinski definition) is 6. The summed E-state index contributed by atoms with van der Waals surface area (Å²) in [5, 5.41) is 18.6. The molecular formula is C12H15BN2O4. The summed E-state index contributed by atoms with van der Waals surface area (Å²) in [6.07, 6.45) is 0. The molecule has 0 spiro atoms. The zero-order valence-electron chi connectivity index (χ0n) is 10.8. The van der Waals surface area contributed by atoms with Crippen molar-refractivity contribution < 1.29 is 19.2 Å². The lowest BCUT2D eigenvalue weighted by atomic mass is 9.78. The molecule has 0 fully saturated rings. The maximum absolute atomic E-state index is 9.76. The van der Waals surface area contributed by atoms with Crippen molar-refractivity contribution in [2.45, 2.75) is 19.1 Å². The second-order valence-corrected chi connectivity index (χ2v) is 4.65. The molecule has 1 aromatic rings. The van der Waals surface area contributed by atoms with Crippen molar-refractivity contribution in [3.63, 3.8) is 0 Å². The lowest BCUT2D eigenvalue weighted by Crippen LogP contribution is -2.41. The molecule has 2 rings (SSSR count). The second-order valence-electron chi connectivity index (χ2n) is 4.65. The van der Waals surface area contributed by atoms with Crippen molar-refractivity contribution in [3.8, 4) is 17.6 Å². The molecule has 7 heteroatoms. The Balaban J connectivity index is 2.28. The number of methoxy groups -OCH3 is 1. The fourth-order valence-corrected chi connectivity index (χ4v) is 1.85. The van der Waals surface area contributed by atoms with Crippen molar-refractivity contribution in [2.24, 2.45) is 5.73 Å². The maximum atomic E-state index is 9.76. The molecular weight excluding hydrogens is 247 g/mol. The molecule has 0 saturated heterocycles. The van der Waals surface area contributed by atoms with Gasteiger partial charge in [0.2, 0.25) is 0 Å². The fourth-order valence-electron chi connectivity index (χ4n) is 1.85. The van der Waals surface area contributed by atoms with Gasteiger partial charge in [0.25, 0.3) is 0 Å². The summed E-state index contributed by atoms with van der Waals surface area (Å²) in [6.45, 7) is 1.93. The third-order valence-corrected chi connectivity index (χ3v) is 2.88. The van der Waals surface area contributed by atoms with Crippen LogP contribution in [-0.2, 0) is 11.3 Å². The monoisotopic (exact) mass is 262 g/mol. The highest BCUT2D eigenvalue weighted by Crippen LogP contribution is 2.29. The lowest BCUT2D eigenvalue weighted by molar-refractivity contribution is 0.252. The Kier molecular flexibility index (Phi) is 3.67. The molecule has 1 heterocycles. The predicted octanol–water partition coefficient (Wildman–Crippen LogP) is -0.467. The number of nitrogens with two attached hydrogens (primary N) is 1. The van der Waals surface area contributed by atoms with E-state index in [1.165, 1.54) is 7.11 Å². The number of rotatable bonds is 4. The van der Waals surface area contributed by atoms with E-state index in [-0.39, 0.29) is 6.61 Å². The zero-order chi connectivity index (χ0) is 14.0. The molecule has 0 aliphatic carbocycles. The van der Waals surface area contributed by atoms with E-state index in [1.54, 1.807) is 19.1 Å². The number of fused-ring (bicyclic) bond motifs is 1. The van der Waals surface area contributed by atoms with Gasteiger partial charge in [-0.3, -0.25) is 0 Å². The van der Waals surface area contributed by atoms with E-state index in [4.69, 9.17) is 25.1 Å². The van der Waals surface area contributed by atoms with Crippen LogP contribution in [0.25, 0.3) is 0 Å². The predicted molar refractivity (Wildman–Crippen MR) is 69.1 cm³/mol. The van der Waals surface area contributed by atoms with Crippen molar-refractivity contribution in [2.75, 3.05) is 13.7 Å². The van der Waals surface area contributed by atoms with E-state index in [9.17, 15) is 5.02 Å². The van der Waals surface area contributed by atoms with Crippen molar-refractivity contribution >= 4 is 12.6 Å². The first-order chi connectivity index (χ1) is 8.98. The Morgan fingerprint density at radius 1 is 1.63 bits per heavy atom. The largest absolute Gasteiger partial charge is 0.495 e. The molecule has 0 amide bonds. The van der Waals surface area contributed by atoms with Crippen molar-refractivity contribution in [1.29, 1.82) is 5.26 Å². The van der Waals surface area contributed by atoms with Gasteiger partial charge in [0.15, 0.2) is 11.5 Å². The Labute approximate surface area is 111 Å². The summed E-state index contributed by atoms with van der Waals surface area (Å²) in [7, 11) is 0.466. The molecule has 6 nitrogen and oxygen atoms in total. The topological polar surface area (TPSA) is 97.7 Å². The van der Waals surface area contributed by atoms with E-state index in [2.05, 4.69) is 0 Å². The van der Waals surface area contributed by atoms with Crippen molar-refractivity contribution in [3.05, 3.63) is 17.7 Å². The Morgan fingerprint density at radius 3 is 3.00 bits per heavy atom. The number of nitrogens with zero attached hydrogens (tertiary/aromatic N) is 1. The van der Waals surface area contributed by atoms with Gasteiger partial charge in [0.05, 0.1) is 19.8 Å². The average Bonchev–Trinajstić information content (AvgIpc) is 2.78. The average molecular weight is 262 g/mol. The van der Waals surface area contributed by atoms with Crippen LogP contribution in [0.5, 0.6) is 11.5 Å². The molecule has 1 aliphatic heterocycles. The van der Waals surface area contributed by atoms with Crippen LogP contribution in [0.4, 0.5) is 0 Å². The molecule has 1 unspecified atom stereocenters. The van der Waals surface area contributed by atoms with Gasteiger partial charge in [-0.05, 0) is 18.6 Å². The standard InChI is InChI=1S/C12H15BN2O4/c1-12(15,6-14)7-18-9-4-3-8-5-19-13(16)10(8)11(9)17-2/h3-4,16H,5,7,15H2,1-2H3. The lowest BCUT2D eigenvalue weighted by Gasteiger charge is -2.19.